The normalized spacial score (nSPS) is 12.5. The smallest absolute Gasteiger partial charge is 0.0723 e. The minimum atomic E-state index is -0.0112. The van der Waals surface area contributed by atoms with Gasteiger partial charge in [-0.2, -0.15) is 0 Å². The van der Waals surface area contributed by atoms with E-state index < -0.39 is 0 Å². The van der Waals surface area contributed by atoms with Gasteiger partial charge in [-0.1, -0.05) is 85.7 Å². The Labute approximate surface area is 250 Å². The number of rotatable bonds is 4. The molecule has 0 spiro atoms. The fourth-order valence-corrected chi connectivity index (χ4v) is 5.70. The van der Waals surface area contributed by atoms with Crippen molar-refractivity contribution in [3.05, 3.63) is 108 Å². The van der Waals surface area contributed by atoms with Crippen molar-refractivity contribution in [2.24, 2.45) is 0 Å². The van der Waals surface area contributed by atoms with Gasteiger partial charge in [0, 0.05) is 39.4 Å². The van der Waals surface area contributed by atoms with E-state index in [0.717, 1.165) is 39.2 Å². The van der Waals surface area contributed by atoms with Gasteiger partial charge in [-0.25, -0.2) is 0 Å². The van der Waals surface area contributed by atoms with Crippen LogP contribution in [0.2, 0.25) is 0 Å². The van der Waals surface area contributed by atoms with Gasteiger partial charge in [-0.3, -0.25) is 9.97 Å². The van der Waals surface area contributed by atoms with Crippen molar-refractivity contribution in [3.8, 4) is 33.6 Å². The molecule has 0 fully saturated rings. The topological polar surface area (TPSA) is 41.6 Å². The standard InChI is InChI=1S/C39H41N3/c1-24(2)33-16-12-17-34(41-33)26-14-11-13-25(19-26)29-20-27(38(3,4)5)21-30-31-22-28(39(6,7)8)23-32(37(31)42-36(29)30)35-15-9-10-18-40-35/h9-24,42H,1-8H3. The molecule has 0 amide bonds. The van der Waals surface area contributed by atoms with Crippen molar-refractivity contribution in [1.29, 1.82) is 0 Å². The first-order valence-electron chi connectivity index (χ1n) is 15.0. The number of hydrogen-bond donors (Lipinski definition) is 1. The highest BCUT2D eigenvalue weighted by Crippen LogP contribution is 2.42. The van der Waals surface area contributed by atoms with Crippen molar-refractivity contribution in [2.45, 2.75) is 72.1 Å². The molecule has 0 unspecified atom stereocenters. The highest BCUT2D eigenvalue weighted by Gasteiger charge is 2.23. The van der Waals surface area contributed by atoms with Crippen molar-refractivity contribution in [2.75, 3.05) is 0 Å². The summed E-state index contributed by atoms with van der Waals surface area (Å²) in [5, 5.41) is 2.49. The zero-order chi connectivity index (χ0) is 29.8. The second-order valence-electron chi connectivity index (χ2n) is 13.9. The Morgan fingerprint density at radius 1 is 0.595 bits per heavy atom. The predicted molar refractivity (Wildman–Crippen MR) is 179 cm³/mol. The van der Waals surface area contributed by atoms with Crippen molar-refractivity contribution < 1.29 is 0 Å². The first kappa shape index (κ1) is 27.9. The number of aromatic amines is 1. The van der Waals surface area contributed by atoms with Gasteiger partial charge < -0.3 is 4.98 Å². The number of hydrogen-bond acceptors (Lipinski definition) is 2. The fraction of sp³-hybridized carbons (Fsp3) is 0.282. The van der Waals surface area contributed by atoms with E-state index in [9.17, 15) is 0 Å². The summed E-state index contributed by atoms with van der Waals surface area (Å²) in [5.41, 5.74) is 12.7. The molecule has 0 saturated heterocycles. The van der Waals surface area contributed by atoms with Gasteiger partial charge >= 0.3 is 0 Å². The quantitative estimate of drug-likeness (QED) is 0.237. The second kappa shape index (κ2) is 10.2. The molecule has 1 N–H and O–H groups in total. The van der Waals surface area contributed by atoms with Gasteiger partial charge in [0.25, 0.3) is 0 Å². The number of aromatic nitrogens is 3. The number of nitrogens with zero attached hydrogens (tertiary/aromatic N) is 2. The van der Waals surface area contributed by atoms with Crippen LogP contribution in [0.4, 0.5) is 0 Å². The van der Waals surface area contributed by atoms with E-state index >= 15 is 0 Å². The van der Waals surface area contributed by atoms with Crippen LogP contribution in [0.1, 0.15) is 78.1 Å². The average molecular weight is 552 g/mol. The lowest BCUT2D eigenvalue weighted by Gasteiger charge is -2.22. The Bertz CT molecular complexity index is 1910. The summed E-state index contributed by atoms with van der Waals surface area (Å²) in [6.07, 6.45) is 1.88. The monoisotopic (exact) mass is 551 g/mol. The van der Waals surface area contributed by atoms with Crippen LogP contribution >= 0.6 is 0 Å². The summed E-state index contributed by atoms with van der Waals surface area (Å²) in [5.74, 6) is 0.383. The summed E-state index contributed by atoms with van der Waals surface area (Å²) in [7, 11) is 0. The molecule has 3 heteroatoms. The molecule has 3 aromatic carbocycles. The molecule has 42 heavy (non-hydrogen) atoms. The predicted octanol–water partition coefficient (Wildman–Crippen LogP) is 10.8. The Kier molecular flexibility index (Phi) is 6.80. The van der Waals surface area contributed by atoms with Gasteiger partial charge in [0.1, 0.15) is 0 Å². The second-order valence-corrected chi connectivity index (χ2v) is 13.9. The van der Waals surface area contributed by atoms with E-state index in [2.05, 4.69) is 139 Å². The molecule has 6 rings (SSSR count). The lowest BCUT2D eigenvalue weighted by atomic mass is 9.82. The number of fused-ring (bicyclic) bond motifs is 3. The van der Waals surface area contributed by atoms with Gasteiger partial charge in [0.05, 0.1) is 22.4 Å². The Morgan fingerprint density at radius 3 is 1.81 bits per heavy atom. The number of nitrogens with one attached hydrogen (secondary N) is 1. The molecule has 0 saturated carbocycles. The van der Waals surface area contributed by atoms with Crippen LogP contribution in [0.25, 0.3) is 55.4 Å². The van der Waals surface area contributed by atoms with Crippen LogP contribution in [0.5, 0.6) is 0 Å². The van der Waals surface area contributed by atoms with E-state index in [1.54, 1.807) is 0 Å². The van der Waals surface area contributed by atoms with Crippen molar-refractivity contribution >= 4 is 21.8 Å². The molecule has 6 aromatic rings. The molecule has 0 radical (unpaired) electrons. The number of H-pyrrole nitrogens is 1. The van der Waals surface area contributed by atoms with Crippen LogP contribution in [-0.2, 0) is 10.8 Å². The van der Waals surface area contributed by atoms with Gasteiger partial charge in [-0.05, 0) is 88.0 Å². The maximum absolute atomic E-state index is 4.99. The molecular formula is C39H41N3. The van der Waals surface area contributed by atoms with Crippen LogP contribution in [0.15, 0.2) is 91.1 Å². The summed E-state index contributed by atoms with van der Waals surface area (Å²) < 4.78 is 0. The molecule has 0 aliphatic rings. The molecule has 212 valence electrons. The molecule has 3 aromatic heterocycles. The maximum atomic E-state index is 4.99. The maximum Gasteiger partial charge on any atom is 0.0723 e. The van der Waals surface area contributed by atoms with Crippen LogP contribution in [-0.4, -0.2) is 15.0 Å². The van der Waals surface area contributed by atoms with Crippen LogP contribution in [0, 0.1) is 0 Å². The summed E-state index contributed by atoms with van der Waals surface area (Å²) in [4.78, 5) is 13.7. The van der Waals surface area contributed by atoms with E-state index in [4.69, 9.17) is 9.97 Å². The zero-order valence-electron chi connectivity index (χ0n) is 26.1. The first-order chi connectivity index (χ1) is 19.9. The molecule has 0 atom stereocenters. The van der Waals surface area contributed by atoms with E-state index in [-0.39, 0.29) is 10.8 Å². The number of pyridine rings is 2. The average Bonchev–Trinajstić information content (AvgIpc) is 3.34. The Hall–Kier alpha value is -4.24. The Balaban J connectivity index is 1.66. The molecule has 0 aliphatic carbocycles. The Morgan fingerprint density at radius 2 is 1.19 bits per heavy atom. The lowest BCUT2D eigenvalue weighted by Crippen LogP contribution is -2.11. The third-order valence-electron chi connectivity index (χ3n) is 8.32. The molecule has 0 aliphatic heterocycles. The molecular weight excluding hydrogens is 510 g/mol. The van der Waals surface area contributed by atoms with Crippen LogP contribution < -0.4 is 0 Å². The lowest BCUT2D eigenvalue weighted by molar-refractivity contribution is 0.590. The van der Waals surface area contributed by atoms with Gasteiger partial charge in [-0.15, -0.1) is 0 Å². The van der Waals surface area contributed by atoms with Crippen molar-refractivity contribution in [3.63, 3.8) is 0 Å². The first-order valence-corrected chi connectivity index (χ1v) is 15.0. The summed E-state index contributed by atoms with van der Waals surface area (Å²) >= 11 is 0. The largest absolute Gasteiger partial charge is 0.353 e. The minimum Gasteiger partial charge on any atom is -0.353 e. The van der Waals surface area contributed by atoms with Gasteiger partial charge in [0.2, 0.25) is 0 Å². The number of benzene rings is 3. The third-order valence-corrected chi connectivity index (χ3v) is 8.32. The molecule has 0 bridgehead atoms. The third kappa shape index (κ3) is 5.13. The molecule has 3 nitrogen and oxygen atoms in total. The highest BCUT2D eigenvalue weighted by atomic mass is 14.7. The van der Waals surface area contributed by atoms with Crippen LogP contribution in [0.3, 0.4) is 0 Å². The summed E-state index contributed by atoms with van der Waals surface area (Å²) in [6, 6.07) is 30.8. The van der Waals surface area contributed by atoms with E-state index in [0.29, 0.717) is 5.92 Å². The van der Waals surface area contributed by atoms with Crippen molar-refractivity contribution in [1.82, 2.24) is 15.0 Å². The zero-order valence-corrected chi connectivity index (χ0v) is 26.1. The minimum absolute atomic E-state index is 0.00235. The fourth-order valence-electron chi connectivity index (χ4n) is 5.70. The molecule has 3 heterocycles. The summed E-state index contributed by atoms with van der Waals surface area (Å²) in [6.45, 7) is 18.1. The van der Waals surface area contributed by atoms with Gasteiger partial charge in [0.15, 0.2) is 0 Å². The highest BCUT2D eigenvalue weighted by molar-refractivity contribution is 6.16. The van der Waals surface area contributed by atoms with E-state index in [1.807, 2.05) is 12.3 Å². The SMILES string of the molecule is CC(C)c1cccc(-c2cccc(-c3cc(C(C)(C)C)cc4c3[nH]c3c(-c5ccccn5)cc(C(C)(C)C)cc34)c2)n1. The van der Waals surface area contributed by atoms with E-state index in [1.165, 1.54) is 33.0 Å².